The van der Waals surface area contributed by atoms with Gasteiger partial charge in [-0.3, -0.25) is 0 Å². The van der Waals surface area contributed by atoms with Gasteiger partial charge in [-0.25, -0.2) is 0 Å². The van der Waals surface area contributed by atoms with Crippen molar-refractivity contribution < 1.29 is 0 Å². The van der Waals surface area contributed by atoms with Gasteiger partial charge in [-0.05, 0) is 68.1 Å². The first kappa shape index (κ1) is 14.8. The van der Waals surface area contributed by atoms with E-state index in [0.717, 1.165) is 18.4 Å². The third-order valence-electron chi connectivity index (χ3n) is 6.13. The molecular weight excluding hydrogens is 244 g/mol. The zero-order chi connectivity index (χ0) is 14.4. The van der Waals surface area contributed by atoms with E-state index in [-0.39, 0.29) is 0 Å². The molecule has 0 aromatic rings. The Kier molecular flexibility index (Phi) is 3.92. The van der Waals surface area contributed by atoms with Crippen molar-refractivity contribution in [2.45, 2.75) is 78.3 Å². The predicted molar refractivity (Wildman–Crippen MR) is 85.8 cm³/mol. The fraction of sp³-hybridized carbons (Fsp3) is 1.00. The first-order valence-corrected chi connectivity index (χ1v) is 8.85. The highest BCUT2D eigenvalue weighted by Gasteiger charge is 2.55. The molecule has 0 aromatic carbocycles. The van der Waals surface area contributed by atoms with E-state index in [2.05, 4.69) is 38.3 Å². The highest BCUT2D eigenvalue weighted by molar-refractivity contribution is 5.06. The van der Waals surface area contributed by atoms with Crippen LogP contribution < -0.4 is 10.6 Å². The summed E-state index contributed by atoms with van der Waals surface area (Å²) < 4.78 is 0. The Balaban J connectivity index is 1.55. The van der Waals surface area contributed by atoms with E-state index in [4.69, 9.17) is 0 Å². The van der Waals surface area contributed by atoms with Gasteiger partial charge in [-0.15, -0.1) is 0 Å². The van der Waals surface area contributed by atoms with E-state index in [0.29, 0.717) is 22.9 Å². The lowest BCUT2D eigenvalue weighted by Crippen LogP contribution is -2.55. The molecule has 4 aliphatic carbocycles. The molecule has 0 aliphatic heterocycles. The summed E-state index contributed by atoms with van der Waals surface area (Å²) in [6, 6.07) is 1.19. The second-order valence-electron chi connectivity index (χ2n) is 9.12. The topological polar surface area (TPSA) is 24.1 Å². The van der Waals surface area contributed by atoms with Gasteiger partial charge in [-0.2, -0.15) is 0 Å². The lowest BCUT2D eigenvalue weighted by molar-refractivity contribution is -0.100. The molecule has 4 bridgehead atoms. The minimum Gasteiger partial charge on any atom is -0.313 e. The molecule has 0 radical (unpaired) electrons. The van der Waals surface area contributed by atoms with Gasteiger partial charge in [0.05, 0.1) is 0 Å². The molecule has 20 heavy (non-hydrogen) atoms. The number of rotatable bonds is 6. The van der Waals surface area contributed by atoms with E-state index in [1.54, 1.807) is 6.42 Å². The van der Waals surface area contributed by atoms with E-state index >= 15 is 0 Å². The summed E-state index contributed by atoms with van der Waals surface area (Å²) in [6.07, 6.45) is 9.10. The average molecular weight is 278 g/mol. The summed E-state index contributed by atoms with van der Waals surface area (Å²) in [5.41, 5.74) is 1.33. The summed E-state index contributed by atoms with van der Waals surface area (Å²) in [5.74, 6) is 2.10. The maximum atomic E-state index is 3.85. The van der Waals surface area contributed by atoms with Crippen LogP contribution in [0.1, 0.15) is 66.2 Å². The van der Waals surface area contributed by atoms with Gasteiger partial charge in [0, 0.05) is 25.2 Å². The van der Waals surface area contributed by atoms with E-state index < -0.39 is 0 Å². The Morgan fingerprint density at radius 2 is 1.65 bits per heavy atom. The van der Waals surface area contributed by atoms with Crippen LogP contribution in [0.5, 0.6) is 0 Å². The van der Waals surface area contributed by atoms with E-state index in [1.165, 1.54) is 38.6 Å². The Hall–Kier alpha value is -0.0800. The van der Waals surface area contributed by atoms with Gasteiger partial charge < -0.3 is 10.6 Å². The molecule has 2 nitrogen and oxygen atoms in total. The Morgan fingerprint density at radius 1 is 1.00 bits per heavy atom. The number of hydrogen-bond donors (Lipinski definition) is 2. The van der Waals surface area contributed by atoms with Gasteiger partial charge in [-0.1, -0.05) is 20.8 Å². The van der Waals surface area contributed by atoms with Crippen molar-refractivity contribution in [3.63, 3.8) is 0 Å². The lowest BCUT2D eigenvalue weighted by atomic mass is 9.44. The zero-order valence-corrected chi connectivity index (χ0v) is 14.0. The molecule has 0 spiro atoms. The highest BCUT2D eigenvalue weighted by Crippen LogP contribution is 2.64. The van der Waals surface area contributed by atoms with Crippen molar-refractivity contribution in [1.29, 1.82) is 0 Å². The molecule has 4 rings (SSSR count). The van der Waals surface area contributed by atoms with Crippen molar-refractivity contribution in [1.82, 2.24) is 10.6 Å². The summed E-state index contributed by atoms with van der Waals surface area (Å²) in [7, 11) is 0. The summed E-state index contributed by atoms with van der Waals surface area (Å²) >= 11 is 0. The van der Waals surface area contributed by atoms with E-state index in [9.17, 15) is 0 Å². The zero-order valence-electron chi connectivity index (χ0n) is 14.0. The quantitative estimate of drug-likeness (QED) is 0.776. The molecule has 4 fully saturated rings. The molecule has 4 aliphatic rings. The third kappa shape index (κ3) is 3.06. The van der Waals surface area contributed by atoms with Crippen LogP contribution in [0.25, 0.3) is 0 Å². The van der Waals surface area contributed by atoms with Crippen LogP contribution in [0.15, 0.2) is 0 Å². The fourth-order valence-corrected chi connectivity index (χ4v) is 6.01. The monoisotopic (exact) mass is 278 g/mol. The molecule has 2 N–H and O–H groups in total. The molecule has 116 valence electrons. The molecule has 3 unspecified atom stereocenters. The average Bonchev–Trinajstić information content (AvgIpc) is 2.31. The number of nitrogens with one attached hydrogen (secondary N) is 2. The first-order chi connectivity index (χ1) is 9.38. The van der Waals surface area contributed by atoms with Crippen molar-refractivity contribution in [3.05, 3.63) is 0 Å². The van der Waals surface area contributed by atoms with Crippen LogP contribution >= 0.6 is 0 Å². The maximum absolute atomic E-state index is 3.85. The number of hydrogen-bond acceptors (Lipinski definition) is 2. The van der Waals surface area contributed by atoms with Gasteiger partial charge >= 0.3 is 0 Å². The van der Waals surface area contributed by atoms with Crippen LogP contribution in [0.3, 0.4) is 0 Å². The minimum atomic E-state index is 0.595. The Bertz CT molecular complexity index is 335. The summed E-state index contributed by atoms with van der Waals surface area (Å²) in [6.45, 7) is 11.7. The van der Waals surface area contributed by atoms with Crippen LogP contribution in [-0.4, -0.2) is 25.2 Å². The van der Waals surface area contributed by atoms with Crippen molar-refractivity contribution in [3.8, 4) is 0 Å². The van der Waals surface area contributed by atoms with Crippen LogP contribution in [-0.2, 0) is 0 Å². The van der Waals surface area contributed by atoms with Crippen molar-refractivity contribution in [2.75, 3.05) is 13.1 Å². The highest BCUT2D eigenvalue weighted by atomic mass is 15.0. The molecular formula is C18H34N2. The third-order valence-corrected chi connectivity index (χ3v) is 6.13. The first-order valence-electron chi connectivity index (χ1n) is 8.85. The van der Waals surface area contributed by atoms with Crippen LogP contribution in [0.4, 0.5) is 0 Å². The van der Waals surface area contributed by atoms with Crippen molar-refractivity contribution in [2.24, 2.45) is 22.7 Å². The van der Waals surface area contributed by atoms with Crippen LogP contribution in [0, 0.1) is 22.7 Å². The second kappa shape index (κ2) is 5.28. The molecule has 0 aromatic heterocycles. The van der Waals surface area contributed by atoms with Gasteiger partial charge in [0.2, 0.25) is 0 Å². The molecule has 0 saturated heterocycles. The standard InChI is InChI=1S/C18H34N2/c1-13(2)19-10-14(3)20-12-18-8-15-5-16(9-18)7-17(4,6-15)11-18/h13-16,19-20H,5-12H2,1-4H3. The van der Waals surface area contributed by atoms with E-state index in [1.807, 2.05) is 0 Å². The molecule has 2 heteroatoms. The lowest BCUT2D eigenvalue weighted by Gasteiger charge is -2.61. The Morgan fingerprint density at radius 3 is 2.20 bits per heavy atom. The SMILES string of the molecule is CC(C)NCC(C)NCC12CC3CC(CC(C)(C3)C1)C2. The van der Waals surface area contributed by atoms with Crippen molar-refractivity contribution >= 4 is 0 Å². The fourth-order valence-electron chi connectivity index (χ4n) is 6.01. The molecule has 0 amide bonds. The summed E-state index contributed by atoms with van der Waals surface area (Å²) in [5, 5.41) is 7.40. The van der Waals surface area contributed by atoms with Gasteiger partial charge in [0.25, 0.3) is 0 Å². The predicted octanol–water partition coefficient (Wildman–Crippen LogP) is 3.57. The van der Waals surface area contributed by atoms with Gasteiger partial charge in [0.1, 0.15) is 0 Å². The maximum Gasteiger partial charge on any atom is 0.0164 e. The largest absolute Gasteiger partial charge is 0.313 e. The van der Waals surface area contributed by atoms with Crippen LogP contribution in [0.2, 0.25) is 0 Å². The molecule has 3 atom stereocenters. The minimum absolute atomic E-state index is 0.595. The van der Waals surface area contributed by atoms with Gasteiger partial charge in [0.15, 0.2) is 0 Å². The molecule has 0 heterocycles. The Labute approximate surface area is 125 Å². The second-order valence-corrected chi connectivity index (χ2v) is 9.12. The molecule has 4 saturated carbocycles. The summed E-state index contributed by atoms with van der Waals surface area (Å²) in [4.78, 5) is 0. The normalized spacial score (nSPS) is 44.2. The smallest absolute Gasteiger partial charge is 0.0164 e.